The number of thioether (sulfide) groups is 1. The summed E-state index contributed by atoms with van der Waals surface area (Å²) in [5, 5.41) is 4.03. The van der Waals surface area contributed by atoms with Crippen molar-refractivity contribution in [2.45, 2.75) is 4.90 Å². The predicted molar refractivity (Wildman–Crippen MR) is 83.5 cm³/mol. The van der Waals surface area contributed by atoms with Crippen LogP contribution in [-0.2, 0) is 0 Å². The average molecular weight is 300 g/mol. The standard InChI is InChI=1S/C16H13FN2OS/c1-21-13-9-5-3-7-11(13)15-14(16(18)20-19-15)10-6-2-4-8-12(10)17/h2-9H,18H2,1H3. The van der Waals surface area contributed by atoms with Crippen molar-refractivity contribution in [2.24, 2.45) is 0 Å². The summed E-state index contributed by atoms with van der Waals surface area (Å²) in [7, 11) is 0. The highest BCUT2D eigenvalue weighted by Gasteiger charge is 2.21. The van der Waals surface area contributed by atoms with E-state index in [1.54, 1.807) is 30.0 Å². The summed E-state index contributed by atoms with van der Waals surface area (Å²) >= 11 is 1.59. The fourth-order valence-corrected chi connectivity index (χ4v) is 2.85. The summed E-state index contributed by atoms with van der Waals surface area (Å²) in [4.78, 5) is 1.03. The molecule has 5 heteroatoms. The van der Waals surface area contributed by atoms with E-state index in [2.05, 4.69) is 5.16 Å². The van der Waals surface area contributed by atoms with Crippen LogP contribution >= 0.6 is 11.8 Å². The van der Waals surface area contributed by atoms with Crippen LogP contribution in [0.1, 0.15) is 0 Å². The molecule has 106 valence electrons. The van der Waals surface area contributed by atoms with Crippen molar-refractivity contribution in [3.63, 3.8) is 0 Å². The maximum Gasteiger partial charge on any atom is 0.230 e. The molecule has 0 saturated heterocycles. The fraction of sp³-hybridized carbons (Fsp3) is 0.0625. The zero-order valence-electron chi connectivity index (χ0n) is 11.3. The maximum atomic E-state index is 14.1. The van der Waals surface area contributed by atoms with Crippen LogP contribution in [0.3, 0.4) is 0 Å². The number of anilines is 1. The second-order valence-corrected chi connectivity index (χ2v) is 5.30. The van der Waals surface area contributed by atoms with Gasteiger partial charge in [0.1, 0.15) is 11.5 Å². The topological polar surface area (TPSA) is 52.0 Å². The Morgan fingerprint density at radius 1 is 1.05 bits per heavy atom. The van der Waals surface area contributed by atoms with Gasteiger partial charge in [0.05, 0.1) is 5.56 Å². The van der Waals surface area contributed by atoms with Crippen molar-refractivity contribution in [1.29, 1.82) is 0 Å². The second kappa shape index (κ2) is 5.61. The van der Waals surface area contributed by atoms with Crippen molar-refractivity contribution in [3.05, 3.63) is 54.3 Å². The third kappa shape index (κ3) is 2.40. The molecule has 0 aliphatic carbocycles. The van der Waals surface area contributed by atoms with E-state index in [0.717, 1.165) is 10.5 Å². The molecule has 0 spiro atoms. The van der Waals surface area contributed by atoms with E-state index in [9.17, 15) is 4.39 Å². The highest BCUT2D eigenvalue weighted by molar-refractivity contribution is 7.98. The first-order valence-electron chi connectivity index (χ1n) is 6.36. The number of halogens is 1. The van der Waals surface area contributed by atoms with Gasteiger partial charge in [0.25, 0.3) is 0 Å². The zero-order chi connectivity index (χ0) is 14.8. The molecular weight excluding hydrogens is 287 g/mol. The monoisotopic (exact) mass is 300 g/mol. The normalized spacial score (nSPS) is 10.8. The van der Waals surface area contributed by atoms with Crippen LogP contribution in [0.2, 0.25) is 0 Å². The van der Waals surface area contributed by atoms with Gasteiger partial charge in [-0.3, -0.25) is 0 Å². The lowest BCUT2D eigenvalue weighted by atomic mass is 10.0. The molecule has 0 fully saturated rings. The van der Waals surface area contributed by atoms with Crippen molar-refractivity contribution in [3.8, 4) is 22.4 Å². The molecule has 2 N–H and O–H groups in total. The average Bonchev–Trinajstić information content (AvgIpc) is 2.89. The summed E-state index contributed by atoms with van der Waals surface area (Å²) in [6, 6.07) is 14.2. The van der Waals surface area contributed by atoms with Gasteiger partial charge in [-0.05, 0) is 18.4 Å². The number of nitrogen functional groups attached to an aromatic ring is 1. The minimum atomic E-state index is -0.352. The second-order valence-electron chi connectivity index (χ2n) is 4.45. The molecule has 0 radical (unpaired) electrons. The third-order valence-electron chi connectivity index (χ3n) is 3.22. The van der Waals surface area contributed by atoms with E-state index in [1.807, 2.05) is 30.5 Å². The molecule has 0 unspecified atom stereocenters. The van der Waals surface area contributed by atoms with Gasteiger partial charge in [0.15, 0.2) is 0 Å². The molecule has 3 aromatic rings. The quantitative estimate of drug-likeness (QED) is 0.726. The third-order valence-corrected chi connectivity index (χ3v) is 4.02. The number of aromatic nitrogens is 1. The number of rotatable bonds is 3. The number of benzene rings is 2. The Bertz CT molecular complexity index is 785. The van der Waals surface area contributed by atoms with Crippen molar-refractivity contribution < 1.29 is 8.91 Å². The molecule has 3 rings (SSSR count). The molecule has 1 heterocycles. The van der Waals surface area contributed by atoms with Gasteiger partial charge in [-0.15, -0.1) is 11.8 Å². The molecule has 0 aliphatic heterocycles. The Morgan fingerprint density at radius 2 is 1.71 bits per heavy atom. The van der Waals surface area contributed by atoms with Crippen LogP contribution in [0.15, 0.2) is 57.9 Å². The summed E-state index contributed by atoms with van der Waals surface area (Å²) in [6.45, 7) is 0. The molecular formula is C16H13FN2OS. The highest BCUT2D eigenvalue weighted by atomic mass is 32.2. The van der Waals surface area contributed by atoms with Crippen LogP contribution in [0.4, 0.5) is 10.3 Å². The van der Waals surface area contributed by atoms with Gasteiger partial charge in [-0.1, -0.05) is 41.6 Å². The SMILES string of the molecule is CSc1ccccc1-c1noc(N)c1-c1ccccc1F. The number of nitrogens with two attached hydrogens (primary N) is 1. The Hall–Kier alpha value is -2.27. The van der Waals surface area contributed by atoms with Gasteiger partial charge in [-0.25, -0.2) is 4.39 Å². The lowest BCUT2D eigenvalue weighted by Gasteiger charge is -2.07. The molecule has 0 bridgehead atoms. The van der Waals surface area contributed by atoms with Crippen LogP contribution in [0.5, 0.6) is 0 Å². The Labute approximate surface area is 126 Å². The molecule has 0 atom stereocenters. The minimum absolute atomic E-state index is 0.117. The number of hydrogen-bond donors (Lipinski definition) is 1. The van der Waals surface area contributed by atoms with E-state index in [4.69, 9.17) is 10.3 Å². The van der Waals surface area contributed by atoms with Crippen LogP contribution in [0, 0.1) is 5.82 Å². The molecule has 2 aromatic carbocycles. The van der Waals surface area contributed by atoms with Crippen molar-refractivity contribution in [2.75, 3.05) is 12.0 Å². The zero-order valence-corrected chi connectivity index (χ0v) is 12.2. The first-order valence-corrected chi connectivity index (χ1v) is 7.58. The Kier molecular flexibility index (Phi) is 3.66. The fourth-order valence-electron chi connectivity index (χ4n) is 2.25. The van der Waals surface area contributed by atoms with Crippen LogP contribution in [-0.4, -0.2) is 11.4 Å². The van der Waals surface area contributed by atoms with E-state index >= 15 is 0 Å². The van der Waals surface area contributed by atoms with Crippen molar-refractivity contribution >= 4 is 17.6 Å². The lowest BCUT2D eigenvalue weighted by molar-refractivity contribution is 0.439. The first kappa shape index (κ1) is 13.7. The smallest absolute Gasteiger partial charge is 0.230 e. The van der Waals surface area contributed by atoms with Crippen LogP contribution in [0.25, 0.3) is 22.4 Å². The number of nitrogens with zero attached hydrogens (tertiary/aromatic N) is 1. The van der Waals surface area contributed by atoms with Gasteiger partial charge >= 0.3 is 0 Å². The van der Waals surface area contributed by atoms with Gasteiger partial charge in [-0.2, -0.15) is 0 Å². The molecule has 3 nitrogen and oxygen atoms in total. The van der Waals surface area contributed by atoms with Gasteiger partial charge in [0.2, 0.25) is 5.88 Å². The van der Waals surface area contributed by atoms with Crippen LogP contribution < -0.4 is 5.73 Å². The van der Waals surface area contributed by atoms with E-state index in [1.165, 1.54) is 6.07 Å². The Balaban J connectivity index is 2.25. The van der Waals surface area contributed by atoms with E-state index in [-0.39, 0.29) is 11.7 Å². The summed E-state index contributed by atoms with van der Waals surface area (Å²) in [5.74, 6) is -0.235. The van der Waals surface area contributed by atoms with Gasteiger partial charge < -0.3 is 10.3 Å². The van der Waals surface area contributed by atoms with Gasteiger partial charge in [0, 0.05) is 16.0 Å². The highest BCUT2D eigenvalue weighted by Crippen LogP contribution is 2.40. The molecule has 21 heavy (non-hydrogen) atoms. The summed E-state index contributed by atoms with van der Waals surface area (Å²) in [6.07, 6.45) is 1.98. The molecule has 0 saturated carbocycles. The molecule has 0 aliphatic rings. The largest absolute Gasteiger partial charge is 0.367 e. The summed E-state index contributed by atoms with van der Waals surface area (Å²) < 4.78 is 19.2. The Morgan fingerprint density at radius 3 is 2.43 bits per heavy atom. The first-order chi connectivity index (χ1) is 10.2. The predicted octanol–water partition coefficient (Wildman–Crippen LogP) is 4.45. The lowest BCUT2D eigenvalue weighted by Crippen LogP contribution is -1.91. The van der Waals surface area contributed by atoms with Crippen molar-refractivity contribution in [1.82, 2.24) is 5.16 Å². The molecule has 0 amide bonds. The summed E-state index contributed by atoms with van der Waals surface area (Å²) in [5.41, 5.74) is 8.19. The maximum absolute atomic E-state index is 14.1. The minimum Gasteiger partial charge on any atom is -0.367 e. The van der Waals surface area contributed by atoms with E-state index < -0.39 is 0 Å². The van der Waals surface area contributed by atoms with E-state index in [0.29, 0.717) is 16.8 Å². The number of hydrogen-bond acceptors (Lipinski definition) is 4. The molecule has 1 aromatic heterocycles.